The summed E-state index contributed by atoms with van der Waals surface area (Å²) in [4.78, 5) is 26.4. The van der Waals surface area contributed by atoms with Gasteiger partial charge in [-0.25, -0.2) is 8.78 Å². The molecule has 0 aromatic heterocycles. The summed E-state index contributed by atoms with van der Waals surface area (Å²) < 4.78 is 27.1. The van der Waals surface area contributed by atoms with E-state index >= 15 is 0 Å². The van der Waals surface area contributed by atoms with Crippen LogP contribution in [0.25, 0.3) is 0 Å². The third-order valence-electron chi connectivity index (χ3n) is 3.70. The third kappa shape index (κ3) is 5.58. The summed E-state index contributed by atoms with van der Waals surface area (Å²) >= 11 is 0. The Kier molecular flexibility index (Phi) is 6.56. The Balaban J connectivity index is 1.99. The molecule has 1 amide bonds. The number of carboxylic acids is 1. The molecular weight excluding hydrogens is 358 g/mol. The van der Waals surface area contributed by atoms with E-state index in [1.807, 2.05) is 0 Å². The average molecular weight is 376 g/mol. The molecule has 0 fully saturated rings. The number of benzene rings is 2. The lowest BCUT2D eigenvalue weighted by Crippen LogP contribution is -2.32. The largest absolute Gasteiger partial charge is 0.480 e. The van der Waals surface area contributed by atoms with Gasteiger partial charge in [0.25, 0.3) is 5.91 Å². The van der Waals surface area contributed by atoms with Crippen molar-refractivity contribution in [2.45, 2.75) is 19.0 Å². The lowest BCUT2D eigenvalue weighted by Gasteiger charge is -2.08. The molecule has 0 unspecified atom stereocenters. The normalized spacial score (nSPS) is 12.5. The Morgan fingerprint density at radius 1 is 1.11 bits per heavy atom. The second-order valence-electron chi connectivity index (χ2n) is 5.70. The van der Waals surface area contributed by atoms with Gasteiger partial charge in [-0.15, -0.1) is 0 Å². The third-order valence-corrected chi connectivity index (χ3v) is 3.70. The van der Waals surface area contributed by atoms with E-state index in [1.54, 1.807) is 12.1 Å². The molecular formula is C18H18F2N4O3. The average Bonchev–Trinajstić information content (AvgIpc) is 2.61. The highest BCUT2D eigenvalue weighted by atomic mass is 19.1. The van der Waals surface area contributed by atoms with Crippen LogP contribution in [-0.2, 0) is 17.8 Å². The van der Waals surface area contributed by atoms with Crippen LogP contribution in [0.4, 0.5) is 8.78 Å². The van der Waals surface area contributed by atoms with Crippen molar-refractivity contribution < 1.29 is 23.5 Å². The molecule has 0 bridgehead atoms. The van der Waals surface area contributed by atoms with Crippen LogP contribution in [0, 0.1) is 11.6 Å². The number of carbonyl (C=O) groups excluding carboxylic acids is 1. The zero-order chi connectivity index (χ0) is 20.0. The van der Waals surface area contributed by atoms with Gasteiger partial charge in [0.2, 0.25) is 0 Å². The zero-order valence-electron chi connectivity index (χ0n) is 14.2. The predicted molar refractivity (Wildman–Crippen MR) is 94.9 cm³/mol. The highest BCUT2D eigenvalue weighted by Gasteiger charge is 2.13. The van der Waals surface area contributed by atoms with Crippen molar-refractivity contribution in [2.24, 2.45) is 16.5 Å². The second kappa shape index (κ2) is 8.86. The van der Waals surface area contributed by atoms with Crippen LogP contribution in [0.15, 0.2) is 47.5 Å². The van der Waals surface area contributed by atoms with Crippen LogP contribution in [0.5, 0.6) is 0 Å². The van der Waals surface area contributed by atoms with Crippen molar-refractivity contribution in [3.63, 3.8) is 0 Å². The standard InChI is InChI=1S/C18H18F2N4O3/c19-13-2-1-3-14(20)12(13)9-23-18(22)24-16(25)11-6-4-10(5-7-11)8-15(21)17(26)27/h1-7,15H,8-9,21H2,(H,26,27)(H3,22,23,24,25)/t15-/m0/s1. The predicted octanol–water partition coefficient (Wildman–Crippen LogP) is 1.16. The number of aliphatic imine (C=N–C) groups is 1. The number of nitrogens with one attached hydrogen (secondary N) is 1. The van der Waals surface area contributed by atoms with Gasteiger partial charge in [-0.3, -0.25) is 9.59 Å². The van der Waals surface area contributed by atoms with E-state index in [4.69, 9.17) is 16.6 Å². The molecule has 0 heterocycles. The number of guanidine groups is 1. The summed E-state index contributed by atoms with van der Waals surface area (Å²) in [5.41, 5.74) is 11.7. The Labute approximate surface area is 153 Å². The van der Waals surface area contributed by atoms with Gasteiger partial charge in [0.15, 0.2) is 5.96 Å². The molecule has 142 valence electrons. The summed E-state index contributed by atoms with van der Waals surface area (Å²) in [6, 6.07) is 8.45. The minimum atomic E-state index is -1.12. The lowest BCUT2D eigenvalue weighted by molar-refractivity contribution is -0.138. The molecule has 0 spiro atoms. The van der Waals surface area contributed by atoms with Gasteiger partial charge in [0.1, 0.15) is 17.7 Å². The lowest BCUT2D eigenvalue weighted by atomic mass is 10.0. The Morgan fingerprint density at radius 2 is 1.70 bits per heavy atom. The van der Waals surface area contributed by atoms with Crippen molar-refractivity contribution in [2.75, 3.05) is 0 Å². The molecule has 7 nitrogen and oxygen atoms in total. The maximum absolute atomic E-state index is 13.5. The molecule has 2 aromatic carbocycles. The molecule has 2 aromatic rings. The van der Waals surface area contributed by atoms with Gasteiger partial charge >= 0.3 is 5.97 Å². The van der Waals surface area contributed by atoms with Gasteiger partial charge < -0.3 is 21.9 Å². The van der Waals surface area contributed by atoms with Crippen LogP contribution < -0.4 is 16.8 Å². The maximum atomic E-state index is 13.5. The molecule has 1 atom stereocenters. The quantitative estimate of drug-likeness (QED) is 0.442. The smallest absolute Gasteiger partial charge is 0.320 e. The fourth-order valence-corrected chi connectivity index (χ4v) is 2.22. The molecule has 0 saturated carbocycles. The van der Waals surface area contributed by atoms with Crippen molar-refractivity contribution in [1.82, 2.24) is 5.32 Å². The van der Waals surface area contributed by atoms with Crippen molar-refractivity contribution >= 4 is 17.8 Å². The molecule has 0 saturated heterocycles. The summed E-state index contributed by atoms with van der Waals surface area (Å²) in [6.07, 6.45) is 0.116. The van der Waals surface area contributed by atoms with E-state index in [-0.39, 0.29) is 30.1 Å². The first-order valence-electron chi connectivity index (χ1n) is 7.90. The SMILES string of the molecule is N/C(=N\C(=O)c1ccc(C[C@H](N)C(=O)O)cc1)NCc1c(F)cccc1F. The first-order valence-corrected chi connectivity index (χ1v) is 7.90. The maximum Gasteiger partial charge on any atom is 0.320 e. The number of hydrogen-bond acceptors (Lipinski definition) is 3. The van der Waals surface area contributed by atoms with Crippen molar-refractivity contribution in [3.8, 4) is 0 Å². The Hall–Kier alpha value is -3.33. The first-order chi connectivity index (χ1) is 12.8. The fourth-order valence-electron chi connectivity index (χ4n) is 2.22. The van der Waals surface area contributed by atoms with Crippen molar-refractivity contribution in [1.29, 1.82) is 0 Å². The Bertz CT molecular complexity index is 849. The number of carbonyl (C=O) groups is 2. The number of carboxylic acid groups (broad SMARTS) is 1. The van der Waals surface area contributed by atoms with E-state index in [2.05, 4.69) is 10.3 Å². The molecule has 27 heavy (non-hydrogen) atoms. The van der Waals surface area contributed by atoms with Crippen LogP contribution in [-0.4, -0.2) is 29.0 Å². The van der Waals surface area contributed by atoms with E-state index in [1.165, 1.54) is 18.2 Å². The van der Waals surface area contributed by atoms with E-state index in [0.29, 0.717) is 5.56 Å². The molecule has 0 aliphatic rings. The number of nitrogens with two attached hydrogens (primary N) is 2. The van der Waals surface area contributed by atoms with Gasteiger partial charge in [-0.1, -0.05) is 18.2 Å². The van der Waals surface area contributed by atoms with E-state index < -0.39 is 29.6 Å². The number of amides is 1. The van der Waals surface area contributed by atoms with Gasteiger partial charge in [0, 0.05) is 17.7 Å². The molecule has 6 N–H and O–H groups in total. The summed E-state index contributed by atoms with van der Waals surface area (Å²) in [5.74, 6) is -3.55. The number of rotatable bonds is 6. The number of hydrogen-bond donors (Lipinski definition) is 4. The van der Waals surface area contributed by atoms with Gasteiger partial charge in [-0.2, -0.15) is 4.99 Å². The molecule has 0 aliphatic carbocycles. The van der Waals surface area contributed by atoms with Crippen LogP contribution in [0.2, 0.25) is 0 Å². The summed E-state index contributed by atoms with van der Waals surface area (Å²) in [7, 11) is 0. The molecule has 2 rings (SSSR count). The van der Waals surface area contributed by atoms with E-state index in [0.717, 1.165) is 12.1 Å². The van der Waals surface area contributed by atoms with Gasteiger partial charge in [0.05, 0.1) is 0 Å². The number of aliphatic carboxylic acids is 1. The van der Waals surface area contributed by atoms with Crippen LogP contribution >= 0.6 is 0 Å². The minimum absolute atomic E-state index is 0.116. The Morgan fingerprint density at radius 3 is 2.26 bits per heavy atom. The first kappa shape index (κ1) is 20.0. The number of nitrogens with zero attached hydrogens (tertiary/aromatic N) is 1. The molecule has 0 aliphatic heterocycles. The molecule has 9 heteroatoms. The van der Waals surface area contributed by atoms with Crippen LogP contribution in [0.1, 0.15) is 21.5 Å². The highest BCUT2D eigenvalue weighted by molar-refractivity contribution is 6.02. The van der Waals surface area contributed by atoms with E-state index in [9.17, 15) is 18.4 Å². The zero-order valence-corrected chi connectivity index (χ0v) is 14.2. The molecule has 0 radical (unpaired) electrons. The topological polar surface area (TPSA) is 131 Å². The minimum Gasteiger partial charge on any atom is -0.480 e. The fraction of sp³-hybridized carbons (Fsp3) is 0.167. The summed E-state index contributed by atoms with van der Waals surface area (Å²) in [6.45, 7) is -0.271. The monoisotopic (exact) mass is 376 g/mol. The van der Waals surface area contributed by atoms with Crippen LogP contribution in [0.3, 0.4) is 0 Å². The summed E-state index contributed by atoms with van der Waals surface area (Å²) in [5, 5.41) is 11.3. The van der Waals surface area contributed by atoms with Crippen molar-refractivity contribution in [3.05, 3.63) is 70.8 Å². The highest BCUT2D eigenvalue weighted by Crippen LogP contribution is 2.11. The second-order valence-corrected chi connectivity index (χ2v) is 5.70. The van der Waals surface area contributed by atoms with Gasteiger partial charge in [-0.05, 0) is 36.2 Å². The number of halogens is 2.